The Morgan fingerprint density at radius 1 is 1.36 bits per heavy atom. The number of ether oxygens (including phenoxy) is 1. The number of aliphatic imine (C=N–C) groups is 1. The highest BCUT2D eigenvalue weighted by molar-refractivity contribution is 5.81. The zero-order valence-corrected chi connectivity index (χ0v) is 8.44. The molecule has 3 heteroatoms. The molecule has 0 atom stereocenters. The van der Waals surface area contributed by atoms with E-state index in [4.69, 9.17) is 10.5 Å². The minimum Gasteiger partial charge on any atom is -0.486 e. The predicted molar refractivity (Wildman–Crippen MR) is 58.7 cm³/mol. The van der Waals surface area contributed by atoms with Crippen LogP contribution in [-0.4, -0.2) is 19.0 Å². The van der Waals surface area contributed by atoms with Crippen molar-refractivity contribution in [2.45, 2.75) is 13.3 Å². The molecule has 2 N–H and O–H groups in total. The monoisotopic (exact) mass is 192 g/mol. The molecule has 0 aliphatic heterocycles. The number of amidine groups is 1. The molecule has 0 amide bonds. The Balaban J connectivity index is 2.34. The number of hydrogen-bond donors (Lipinski definition) is 1. The standard InChI is InChI=1S/C11H16N2O/c1-2-8-13-11(12)9-14-10-6-4-3-5-7-10/h3-7H,2,8-9H2,1H3,(H2,12,13). The van der Waals surface area contributed by atoms with E-state index in [0.717, 1.165) is 18.7 Å². The molecule has 0 unspecified atom stereocenters. The minimum absolute atomic E-state index is 0.365. The first kappa shape index (κ1) is 10.6. The van der Waals surface area contributed by atoms with Crippen molar-refractivity contribution in [1.29, 1.82) is 0 Å². The van der Waals surface area contributed by atoms with Crippen LogP contribution < -0.4 is 10.5 Å². The number of hydrogen-bond acceptors (Lipinski definition) is 2. The molecule has 0 aliphatic rings. The summed E-state index contributed by atoms with van der Waals surface area (Å²) in [5, 5.41) is 0. The van der Waals surface area contributed by atoms with Crippen LogP contribution in [0.1, 0.15) is 13.3 Å². The summed E-state index contributed by atoms with van der Waals surface area (Å²) >= 11 is 0. The third-order valence-corrected chi connectivity index (χ3v) is 1.67. The minimum atomic E-state index is 0.365. The van der Waals surface area contributed by atoms with Crippen LogP contribution in [0.5, 0.6) is 5.75 Å². The van der Waals surface area contributed by atoms with Crippen molar-refractivity contribution in [3.8, 4) is 5.75 Å². The Labute approximate surface area is 84.6 Å². The van der Waals surface area contributed by atoms with Gasteiger partial charge >= 0.3 is 0 Å². The van der Waals surface area contributed by atoms with E-state index in [0.29, 0.717) is 12.4 Å². The fraction of sp³-hybridized carbons (Fsp3) is 0.364. The number of para-hydroxylation sites is 1. The van der Waals surface area contributed by atoms with Crippen molar-refractivity contribution in [2.75, 3.05) is 13.2 Å². The van der Waals surface area contributed by atoms with Gasteiger partial charge in [-0.3, -0.25) is 4.99 Å². The highest BCUT2D eigenvalue weighted by Gasteiger charge is 1.94. The van der Waals surface area contributed by atoms with Gasteiger partial charge in [-0.25, -0.2) is 0 Å². The zero-order valence-electron chi connectivity index (χ0n) is 8.44. The van der Waals surface area contributed by atoms with E-state index >= 15 is 0 Å². The van der Waals surface area contributed by atoms with Crippen LogP contribution in [0.3, 0.4) is 0 Å². The maximum Gasteiger partial charge on any atom is 0.145 e. The van der Waals surface area contributed by atoms with Crippen molar-refractivity contribution in [3.63, 3.8) is 0 Å². The van der Waals surface area contributed by atoms with Gasteiger partial charge in [0.05, 0.1) is 0 Å². The summed E-state index contributed by atoms with van der Waals surface area (Å²) < 4.78 is 5.41. The molecule has 0 aromatic heterocycles. The van der Waals surface area contributed by atoms with Gasteiger partial charge in [0.1, 0.15) is 18.2 Å². The second-order valence-electron chi connectivity index (χ2n) is 2.97. The van der Waals surface area contributed by atoms with Gasteiger partial charge in [-0.2, -0.15) is 0 Å². The Hall–Kier alpha value is -1.51. The zero-order chi connectivity index (χ0) is 10.2. The Morgan fingerprint density at radius 2 is 2.07 bits per heavy atom. The smallest absolute Gasteiger partial charge is 0.145 e. The summed E-state index contributed by atoms with van der Waals surface area (Å²) in [5.74, 6) is 1.37. The average Bonchev–Trinajstić information content (AvgIpc) is 2.25. The first-order valence-electron chi connectivity index (χ1n) is 4.79. The van der Waals surface area contributed by atoms with Gasteiger partial charge in [-0.1, -0.05) is 25.1 Å². The maximum absolute atomic E-state index is 5.63. The summed E-state index contributed by atoms with van der Waals surface area (Å²) in [6.45, 7) is 3.20. The molecule has 76 valence electrons. The molecule has 3 nitrogen and oxygen atoms in total. The number of rotatable bonds is 5. The van der Waals surface area contributed by atoms with Gasteiger partial charge in [0.25, 0.3) is 0 Å². The van der Waals surface area contributed by atoms with E-state index in [9.17, 15) is 0 Å². The van der Waals surface area contributed by atoms with Gasteiger partial charge in [-0.15, -0.1) is 0 Å². The highest BCUT2D eigenvalue weighted by Crippen LogP contribution is 2.07. The molecule has 0 saturated heterocycles. The lowest BCUT2D eigenvalue weighted by molar-refractivity contribution is 0.375. The van der Waals surface area contributed by atoms with Crippen LogP contribution >= 0.6 is 0 Å². The van der Waals surface area contributed by atoms with Crippen LogP contribution in [0.4, 0.5) is 0 Å². The van der Waals surface area contributed by atoms with Gasteiger partial charge in [-0.05, 0) is 18.6 Å². The number of nitrogens with zero attached hydrogens (tertiary/aromatic N) is 1. The lowest BCUT2D eigenvalue weighted by Gasteiger charge is -2.04. The van der Waals surface area contributed by atoms with E-state index < -0.39 is 0 Å². The van der Waals surface area contributed by atoms with E-state index in [1.807, 2.05) is 30.3 Å². The summed E-state index contributed by atoms with van der Waals surface area (Å²) in [7, 11) is 0. The molecule has 1 aromatic rings. The van der Waals surface area contributed by atoms with Gasteiger partial charge < -0.3 is 10.5 Å². The predicted octanol–water partition coefficient (Wildman–Crippen LogP) is 1.83. The van der Waals surface area contributed by atoms with Gasteiger partial charge in [0.2, 0.25) is 0 Å². The number of benzene rings is 1. The maximum atomic E-state index is 5.63. The topological polar surface area (TPSA) is 47.6 Å². The molecule has 0 bridgehead atoms. The van der Waals surface area contributed by atoms with Crippen LogP contribution in [0.25, 0.3) is 0 Å². The lowest BCUT2D eigenvalue weighted by atomic mass is 10.3. The first-order chi connectivity index (χ1) is 6.83. The molecule has 0 heterocycles. The summed E-state index contributed by atoms with van der Waals surface area (Å²) in [4.78, 5) is 4.13. The molecule has 14 heavy (non-hydrogen) atoms. The van der Waals surface area contributed by atoms with Crippen LogP contribution in [0, 0.1) is 0 Å². The molecule has 0 aliphatic carbocycles. The summed E-state index contributed by atoms with van der Waals surface area (Å²) in [5.41, 5.74) is 5.63. The molecule has 0 spiro atoms. The molecule has 0 fully saturated rings. The SMILES string of the molecule is CCCN=C(N)COc1ccccc1. The number of nitrogens with two attached hydrogens (primary N) is 1. The molecule has 0 saturated carbocycles. The second kappa shape index (κ2) is 6.02. The third-order valence-electron chi connectivity index (χ3n) is 1.67. The lowest BCUT2D eigenvalue weighted by Crippen LogP contribution is -2.21. The Bertz CT molecular complexity index is 283. The fourth-order valence-corrected chi connectivity index (χ4v) is 0.975. The summed E-state index contributed by atoms with van der Waals surface area (Å²) in [6.07, 6.45) is 1.01. The average molecular weight is 192 g/mol. The van der Waals surface area contributed by atoms with E-state index in [2.05, 4.69) is 11.9 Å². The van der Waals surface area contributed by atoms with E-state index in [1.165, 1.54) is 0 Å². The van der Waals surface area contributed by atoms with Gasteiger partial charge in [0, 0.05) is 6.54 Å². The third kappa shape index (κ3) is 3.94. The van der Waals surface area contributed by atoms with E-state index in [1.54, 1.807) is 0 Å². The fourth-order valence-electron chi connectivity index (χ4n) is 0.975. The Kier molecular flexibility index (Phi) is 4.55. The largest absolute Gasteiger partial charge is 0.486 e. The Morgan fingerprint density at radius 3 is 2.71 bits per heavy atom. The van der Waals surface area contributed by atoms with Crippen molar-refractivity contribution >= 4 is 5.84 Å². The van der Waals surface area contributed by atoms with Crippen LogP contribution in [-0.2, 0) is 0 Å². The van der Waals surface area contributed by atoms with Crippen LogP contribution in [0.2, 0.25) is 0 Å². The van der Waals surface area contributed by atoms with Crippen molar-refractivity contribution < 1.29 is 4.74 Å². The molecule has 0 radical (unpaired) electrons. The summed E-state index contributed by atoms with van der Waals surface area (Å²) in [6, 6.07) is 9.59. The van der Waals surface area contributed by atoms with Crippen molar-refractivity contribution in [3.05, 3.63) is 30.3 Å². The van der Waals surface area contributed by atoms with Crippen molar-refractivity contribution in [2.24, 2.45) is 10.7 Å². The first-order valence-corrected chi connectivity index (χ1v) is 4.79. The molecule has 1 rings (SSSR count). The molecule has 1 aromatic carbocycles. The normalized spacial score (nSPS) is 11.4. The molecular formula is C11H16N2O. The highest BCUT2D eigenvalue weighted by atomic mass is 16.5. The van der Waals surface area contributed by atoms with Gasteiger partial charge in [0.15, 0.2) is 0 Å². The quantitative estimate of drug-likeness (QED) is 0.571. The van der Waals surface area contributed by atoms with Crippen molar-refractivity contribution in [1.82, 2.24) is 0 Å². The van der Waals surface area contributed by atoms with E-state index in [-0.39, 0.29) is 0 Å². The van der Waals surface area contributed by atoms with Crippen LogP contribution in [0.15, 0.2) is 35.3 Å². The molecular weight excluding hydrogens is 176 g/mol. The second-order valence-corrected chi connectivity index (χ2v) is 2.97.